The molecule has 3 rings (SSSR count). The fourth-order valence-corrected chi connectivity index (χ4v) is 4.12. The van der Waals surface area contributed by atoms with Crippen molar-refractivity contribution in [3.8, 4) is 0 Å². The molecule has 0 radical (unpaired) electrons. The van der Waals surface area contributed by atoms with Crippen molar-refractivity contribution in [1.29, 1.82) is 0 Å². The molecule has 2 heterocycles. The minimum absolute atomic E-state index is 0.194. The Morgan fingerprint density at radius 3 is 2.45 bits per heavy atom. The maximum Gasteiger partial charge on any atom is 0.287 e. The third kappa shape index (κ3) is 5.94. The van der Waals surface area contributed by atoms with Crippen LogP contribution < -0.4 is 10.6 Å². The van der Waals surface area contributed by atoms with E-state index in [4.69, 9.17) is 4.42 Å². The van der Waals surface area contributed by atoms with E-state index in [0.29, 0.717) is 18.4 Å². The summed E-state index contributed by atoms with van der Waals surface area (Å²) in [6.45, 7) is 9.85. The summed E-state index contributed by atoms with van der Waals surface area (Å²) in [5, 5.41) is 5.60. The largest absolute Gasteiger partial charge is 0.459 e. The summed E-state index contributed by atoms with van der Waals surface area (Å²) < 4.78 is 5.06. The summed E-state index contributed by atoms with van der Waals surface area (Å²) in [6.07, 6.45) is 2.72. The standard InChI is InChI=1S/C23H31N3O3/c1-16-11-17(2)14-26(13-16)15-20-8-5-4-7-19(20)12-24-22(27)18(3)25-23(28)21-9-6-10-29-21/h4-10,16-18H,11-15H2,1-3H3,(H,24,27)(H,25,28)/t16-,17+,18-/m1/s1. The molecule has 2 N–H and O–H groups in total. The highest BCUT2D eigenvalue weighted by Gasteiger charge is 2.22. The number of amides is 2. The van der Waals surface area contributed by atoms with Crippen molar-refractivity contribution in [2.75, 3.05) is 13.1 Å². The molecule has 1 aliphatic heterocycles. The number of nitrogens with zero attached hydrogens (tertiary/aromatic N) is 1. The van der Waals surface area contributed by atoms with Crippen LogP contribution in [0, 0.1) is 11.8 Å². The van der Waals surface area contributed by atoms with Crippen LogP contribution in [0.25, 0.3) is 0 Å². The van der Waals surface area contributed by atoms with Crippen LogP contribution in [0.4, 0.5) is 0 Å². The Morgan fingerprint density at radius 2 is 1.79 bits per heavy atom. The summed E-state index contributed by atoms with van der Waals surface area (Å²) in [5.41, 5.74) is 2.35. The van der Waals surface area contributed by atoms with E-state index in [0.717, 1.165) is 25.2 Å². The molecular formula is C23H31N3O3. The number of carbonyl (C=O) groups is 2. The van der Waals surface area contributed by atoms with Gasteiger partial charge in [-0.05, 0) is 48.4 Å². The molecule has 1 fully saturated rings. The first-order chi connectivity index (χ1) is 13.9. The molecule has 6 nitrogen and oxygen atoms in total. The van der Waals surface area contributed by atoms with Gasteiger partial charge in [0.2, 0.25) is 5.91 Å². The van der Waals surface area contributed by atoms with Gasteiger partial charge in [-0.3, -0.25) is 14.5 Å². The van der Waals surface area contributed by atoms with Crippen LogP contribution in [0.5, 0.6) is 0 Å². The lowest BCUT2D eigenvalue weighted by atomic mass is 9.91. The first kappa shape index (κ1) is 21.1. The summed E-state index contributed by atoms with van der Waals surface area (Å²) in [6, 6.07) is 10.8. The molecule has 0 bridgehead atoms. The highest BCUT2D eigenvalue weighted by atomic mass is 16.3. The summed E-state index contributed by atoms with van der Waals surface area (Å²) >= 11 is 0. The van der Waals surface area contributed by atoms with E-state index < -0.39 is 11.9 Å². The lowest BCUT2D eigenvalue weighted by Gasteiger charge is -2.35. The Labute approximate surface area is 172 Å². The number of piperidine rings is 1. The van der Waals surface area contributed by atoms with Crippen molar-refractivity contribution in [3.63, 3.8) is 0 Å². The van der Waals surface area contributed by atoms with Crippen molar-refractivity contribution in [1.82, 2.24) is 15.5 Å². The Morgan fingerprint density at radius 1 is 1.10 bits per heavy atom. The predicted octanol–water partition coefficient (Wildman–Crippen LogP) is 3.19. The average molecular weight is 398 g/mol. The minimum Gasteiger partial charge on any atom is -0.459 e. The topological polar surface area (TPSA) is 74.6 Å². The predicted molar refractivity (Wildman–Crippen MR) is 112 cm³/mol. The maximum atomic E-state index is 12.4. The lowest BCUT2D eigenvalue weighted by Crippen LogP contribution is -2.44. The first-order valence-corrected chi connectivity index (χ1v) is 10.3. The normalized spacial score (nSPS) is 20.8. The van der Waals surface area contributed by atoms with Gasteiger partial charge in [0.15, 0.2) is 5.76 Å². The Kier molecular flexibility index (Phi) is 7.09. The molecule has 1 aromatic carbocycles. The molecule has 2 amide bonds. The average Bonchev–Trinajstić information content (AvgIpc) is 3.21. The zero-order valence-corrected chi connectivity index (χ0v) is 17.5. The molecule has 1 aromatic heterocycles. The SMILES string of the molecule is C[C@@H]1C[C@H](C)CN(Cc2ccccc2CNC(=O)[C@@H](C)NC(=O)c2ccco2)C1. The van der Waals surface area contributed by atoms with Gasteiger partial charge >= 0.3 is 0 Å². The molecule has 0 aliphatic carbocycles. The van der Waals surface area contributed by atoms with Crippen LogP contribution in [0.15, 0.2) is 47.1 Å². The van der Waals surface area contributed by atoms with Crippen molar-refractivity contribution in [2.24, 2.45) is 11.8 Å². The molecule has 2 aromatic rings. The lowest BCUT2D eigenvalue weighted by molar-refractivity contribution is -0.122. The van der Waals surface area contributed by atoms with Gasteiger partial charge in [0.25, 0.3) is 5.91 Å². The van der Waals surface area contributed by atoms with Gasteiger partial charge in [0, 0.05) is 26.2 Å². The van der Waals surface area contributed by atoms with Gasteiger partial charge in [-0.2, -0.15) is 0 Å². The minimum atomic E-state index is -0.649. The number of carbonyl (C=O) groups excluding carboxylic acids is 2. The molecule has 0 unspecified atom stereocenters. The first-order valence-electron chi connectivity index (χ1n) is 10.3. The van der Waals surface area contributed by atoms with Gasteiger partial charge < -0.3 is 15.1 Å². The highest BCUT2D eigenvalue weighted by molar-refractivity contribution is 5.95. The number of hydrogen-bond donors (Lipinski definition) is 2. The Balaban J connectivity index is 1.55. The highest BCUT2D eigenvalue weighted by Crippen LogP contribution is 2.23. The number of furan rings is 1. The van der Waals surface area contributed by atoms with Crippen molar-refractivity contribution in [2.45, 2.75) is 46.3 Å². The van der Waals surface area contributed by atoms with Crippen LogP contribution in [0.1, 0.15) is 48.9 Å². The summed E-state index contributed by atoms with van der Waals surface area (Å²) in [4.78, 5) is 27.0. The smallest absolute Gasteiger partial charge is 0.287 e. The van der Waals surface area contributed by atoms with E-state index in [1.54, 1.807) is 19.1 Å². The number of hydrogen-bond acceptors (Lipinski definition) is 4. The van der Waals surface area contributed by atoms with E-state index in [1.165, 1.54) is 18.2 Å². The van der Waals surface area contributed by atoms with Crippen molar-refractivity contribution in [3.05, 3.63) is 59.5 Å². The van der Waals surface area contributed by atoms with Crippen LogP contribution in [0.3, 0.4) is 0 Å². The maximum absolute atomic E-state index is 12.4. The van der Waals surface area contributed by atoms with Gasteiger partial charge in [-0.25, -0.2) is 0 Å². The molecule has 0 saturated carbocycles. The van der Waals surface area contributed by atoms with Crippen LogP contribution in [-0.2, 0) is 17.9 Å². The molecule has 29 heavy (non-hydrogen) atoms. The fourth-order valence-electron chi connectivity index (χ4n) is 4.12. The van der Waals surface area contributed by atoms with E-state index in [-0.39, 0.29) is 11.7 Å². The van der Waals surface area contributed by atoms with E-state index >= 15 is 0 Å². The van der Waals surface area contributed by atoms with E-state index in [9.17, 15) is 9.59 Å². The summed E-state index contributed by atoms with van der Waals surface area (Å²) in [7, 11) is 0. The molecule has 1 saturated heterocycles. The van der Waals surface area contributed by atoms with Crippen LogP contribution in [-0.4, -0.2) is 35.8 Å². The number of nitrogens with one attached hydrogen (secondary N) is 2. The molecular weight excluding hydrogens is 366 g/mol. The number of likely N-dealkylation sites (tertiary alicyclic amines) is 1. The third-order valence-electron chi connectivity index (χ3n) is 5.40. The Hall–Kier alpha value is -2.60. The molecule has 3 atom stereocenters. The zero-order valence-electron chi connectivity index (χ0n) is 17.5. The zero-order chi connectivity index (χ0) is 20.8. The van der Waals surface area contributed by atoms with E-state index in [2.05, 4.69) is 41.5 Å². The fraction of sp³-hybridized carbons (Fsp3) is 0.478. The molecule has 6 heteroatoms. The second kappa shape index (κ2) is 9.74. The number of rotatable bonds is 7. The molecule has 1 aliphatic rings. The van der Waals surface area contributed by atoms with Gasteiger partial charge in [-0.15, -0.1) is 0 Å². The molecule has 156 valence electrons. The van der Waals surface area contributed by atoms with Gasteiger partial charge in [0.1, 0.15) is 6.04 Å². The van der Waals surface area contributed by atoms with Crippen LogP contribution >= 0.6 is 0 Å². The van der Waals surface area contributed by atoms with E-state index in [1.807, 2.05) is 12.1 Å². The molecule has 0 spiro atoms. The number of benzene rings is 1. The third-order valence-corrected chi connectivity index (χ3v) is 5.40. The summed E-state index contributed by atoms with van der Waals surface area (Å²) in [5.74, 6) is 1.000. The van der Waals surface area contributed by atoms with Gasteiger partial charge in [0.05, 0.1) is 6.26 Å². The van der Waals surface area contributed by atoms with Crippen molar-refractivity contribution >= 4 is 11.8 Å². The second-order valence-corrected chi connectivity index (χ2v) is 8.30. The monoisotopic (exact) mass is 397 g/mol. The quantitative estimate of drug-likeness (QED) is 0.752. The van der Waals surface area contributed by atoms with Crippen LogP contribution in [0.2, 0.25) is 0 Å². The van der Waals surface area contributed by atoms with Crippen molar-refractivity contribution < 1.29 is 14.0 Å². The Bertz CT molecular complexity index is 809. The van der Waals surface area contributed by atoms with Gasteiger partial charge in [-0.1, -0.05) is 38.1 Å². The second-order valence-electron chi connectivity index (χ2n) is 8.30.